The van der Waals surface area contributed by atoms with Gasteiger partial charge < -0.3 is 9.64 Å². The first-order valence-corrected chi connectivity index (χ1v) is 8.80. The van der Waals surface area contributed by atoms with Crippen molar-refractivity contribution >= 4 is 11.8 Å². The van der Waals surface area contributed by atoms with Crippen molar-refractivity contribution in [3.63, 3.8) is 0 Å². The number of hydrogen-bond donors (Lipinski definition) is 1. The van der Waals surface area contributed by atoms with Gasteiger partial charge in [0.05, 0.1) is 6.57 Å². The van der Waals surface area contributed by atoms with Crippen LogP contribution in [0.5, 0.6) is 0 Å². The molecular weight excluding hydrogens is 346 g/mol. The zero-order chi connectivity index (χ0) is 19.4. The molecule has 0 aliphatic carbocycles. The number of carbonyl (C=O) groups excluding carboxylic acids is 1. The number of piperazine rings is 1. The lowest BCUT2D eigenvalue weighted by Gasteiger charge is -2.35. The Kier molecular flexibility index (Phi) is 5.37. The molecule has 142 valence electrons. The van der Waals surface area contributed by atoms with Crippen LogP contribution >= 0.6 is 0 Å². The largest absolute Gasteiger partial charge is 0.444 e. The number of hydrogen-bond acceptors (Lipinski definition) is 6. The number of amides is 1. The van der Waals surface area contributed by atoms with Gasteiger partial charge in [0.15, 0.2) is 5.69 Å². The molecule has 2 heterocycles. The number of nitrogens with zero attached hydrogens (tertiary/aromatic N) is 6. The molecule has 1 saturated heterocycles. The predicted molar refractivity (Wildman–Crippen MR) is 99.0 cm³/mol. The molecule has 0 bridgehead atoms. The van der Waals surface area contributed by atoms with Crippen molar-refractivity contribution in [1.29, 1.82) is 0 Å². The van der Waals surface area contributed by atoms with Crippen LogP contribution in [0.2, 0.25) is 0 Å². The van der Waals surface area contributed by atoms with Crippen molar-refractivity contribution in [1.82, 2.24) is 30.4 Å². The molecule has 9 heteroatoms. The molecule has 9 nitrogen and oxygen atoms in total. The lowest BCUT2D eigenvalue weighted by molar-refractivity contribution is 0.0139. The van der Waals surface area contributed by atoms with Gasteiger partial charge >= 0.3 is 6.09 Å². The Balaban J connectivity index is 1.66. The van der Waals surface area contributed by atoms with Gasteiger partial charge in [-0.2, -0.15) is 5.21 Å². The second-order valence-corrected chi connectivity index (χ2v) is 7.43. The smallest absolute Gasteiger partial charge is 0.410 e. The van der Waals surface area contributed by atoms with Crippen LogP contribution in [0.1, 0.15) is 26.3 Å². The lowest BCUT2D eigenvalue weighted by Crippen LogP contribution is -2.49. The first-order chi connectivity index (χ1) is 12.9. The molecule has 2 aromatic rings. The molecule has 1 fully saturated rings. The van der Waals surface area contributed by atoms with Crippen LogP contribution in [0.15, 0.2) is 18.2 Å². The van der Waals surface area contributed by atoms with Crippen LogP contribution in [-0.2, 0) is 11.3 Å². The summed E-state index contributed by atoms with van der Waals surface area (Å²) in [4.78, 5) is 19.7. The minimum absolute atomic E-state index is 0.268. The fourth-order valence-electron chi connectivity index (χ4n) is 2.91. The van der Waals surface area contributed by atoms with Crippen LogP contribution in [0.25, 0.3) is 16.2 Å². The van der Waals surface area contributed by atoms with E-state index < -0.39 is 5.60 Å². The number of carbonyl (C=O) groups is 1. The molecule has 1 aliphatic heterocycles. The van der Waals surface area contributed by atoms with Gasteiger partial charge in [0, 0.05) is 38.3 Å². The molecule has 1 amide bonds. The van der Waals surface area contributed by atoms with Crippen LogP contribution in [-0.4, -0.2) is 68.3 Å². The van der Waals surface area contributed by atoms with Crippen LogP contribution in [0, 0.1) is 6.57 Å². The molecule has 1 aromatic heterocycles. The summed E-state index contributed by atoms with van der Waals surface area (Å²) < 4.78 is 5.44. The average molecular weight is 369 g/mol. The Morgan fingerprint density at radius 1 is 1.30 bits per heavy atom. The number of rotatable bonds is 3. The molecule has 1 aromatic carbocycles. The Morgan fingerprint density at radius 3 is 2.63 bits per heavy atom. The third-order valence-electron chi connectivity index (χ3n) is 4.23. The molecule has 1 aliphatic rings. The maximum Gasteiger partial charge on any atom is 0.410 e. The van der Waals surface area contributed by atoms with Gasteiger partial charge in [-0.1, -0.05) is 12.1 Å². The van der Waals surface area contributed by atoms with E-state index in [-0.39, 0.29) is 6.09 Å². The minimum Gasteiger partial charge on any atom is -0.444 e. The van der Waals surface area contributed by atoms with Crippen LogP contribution in [0.4, 0.5) is 10.5 Å². The van der Waals surface area contributed by atoms with Gasteiger partial charge in [-0.15, -0.1) is 10.2 Å². The number of nitrogens with one attached hydrogen (secondary N) is 1. The Morgan fingerprint density at radius 2 is 2.04 bits per heavy atom. The van der Waals surface area contributed by atoms with Gasteiger partial charge in [-0.3, -0.25) is 4.90 Å². The molecule has 0 spiro atoms. The number of aromatic nitrogens is 4. The normalized spacial score (nSPS) is 15.4. The summed E-state index contributed by atoms with van der Waals surface area (Å²) in [5.41, 5.74) is 1.87. The molecule has 27 heavy (non-hydrogen) atoms. The maximum absolute atomic E-state index is 12.2. The molecule has 3 rings (SSSR count). The summed E-state index contributed by atoms with van der Waals surface area (Å²) in [6, 6.07) is 5.51. The van der Waals surface area contributed by atoms with E-state index in [1.54, 1.807) is 17.0 Å². The number of aromatic amines is 1. The summed E-state index contributed by atoms with van der Waals surface area (Å²) in [6.07, 6.45) is -0.268. The second kappa shape index (κ2) is 7.72. The third kappa shape index (κ3) is 4.80. The number of ether oxygens (including phenoxy) is 1. The first-order valence-electron chi connectivity index (χ1n) is 8.80. The maximum atomic E-state index is 12.2. The van der Waals surface area contributed by atoms with E-state index >= 15 is 0 Å². The molecule has 0 radical (unpaired) electrons. The van der Waals surface area contributed by atoms with Crippen LogP contribution in [0.3, 0.4) is 0 Å². The second-order valence-electron chi connectivity index (χ2n) is 7.43. The van der Waals surface area contributed by atoms with Gasteiger partial charge in [0.25, 0.3) is 0 Å². The summed E-state index contributed by atoms with van der Waals surface area (Å²) in [6.45, 7) is 16.2. The van der Waals surface area contributed by atoms with Crippen molar-refractivity contribution in [2.45, 2.75) is 32.9 Å². The van der Waals surface area contributed by atoms with Crippen molar-refractivity contribution in [2.75, 3.05) is 26.2 Å². The highest BCUT2D eigenvalue weighted by Gasteiger charge is 2.26. The number of H-pyrrole nitrogens is 1. The van der Waals surface area contributed by atoms with E-state index in [0.29, 0.717) is 31.1 Å². The van der Waals surface area contributed by atoms with E-state index in [0.717, 1.165) is 24.2 Å². The van der Waals surface area contributed by atoms with E-state index in [2.05, 4.69) is 30.4 Å². The van der Waals surface area contributed by atoms with Crippen molar-refractivity contribution in [3.8, 4) is 11.4 Å². The van der Waals surface area contributed by atoms with E-state index in [1.807, 2.05) is 26.8 Å². The van der Waals surface area contributed by atoms with Gasteiger partial charge in [-0.05, 0) is 37.6 Å². The van der Waals surface area contributed by atoms with Crippen molar-refractivity contribution in [3.05, 3.63) is 35.2 Å². The number of benzene rings is 1. The van der Waals surface area contributed by atoms with Crippen molar-refractivity contribution in [2.24, 2.45) is 0 Å². The van der Waals surface area contributed by atoms with Gasteiger partial charge in [0.2, 0.25) is 5.82 Å². The third-order valence-corrected chi connectivity index (χ3v) is 4.23. The Labute approximate surface area is 158 Å². The highest BCUT2D eigenvalue weighted by Crippen LogP contribution is 2.27. The quantitative estimate of drug-likeness (QED) is 0.836. The zero-order valence-corrected chi connectivity index (χ0v) is 15.8. The summed E-state index contributed by atoms with van der Waals surface area (Å²) in [7, 11) is 0. The van der Waals surface area contributed by atoms with Gasteiger partial charge in [0.1, 0.15) is 5.60 Å². The molecule has 1 N–H and O–H groups in total. The highest BCUT2D eigenvalue weighted by atomic mass is 16.6. The molecule has 0 unspecified atom stereocenters. The fourth-order valence-corrected chi connectivity index (χ4v) is 2.91. The standard InChI is InChI=1S/C18H23N7O2/c1-18(2,3)27-17(26)25-9-7-24(8-10-25)12-13-5-6-14(19-4)11-15(13)16-20-22-23-21-16/h5-6,11H,7-10,12H2,1-3H3,(H,20,21,22,23). The molecular formula is C18H23N7O2. The molecule has 0 saturated carbocycles. The average Bonchev–Trinajstić information content (AvgIpc) is 3.15. The predicted octanol–water partition coefficient (Wildman–Crippen LogP) is 2.47. The van der Waals surface area contributed by atoms with Gasteiger partial charge in [-0.25, -0.2) is 9.64 Å². The summed E-state index contributed by atoms with van der Waals surface area (Å²) >= 11 is 0. The minimum atomic E-state index is -0.488. The topological polar surface area (TPSA) is 91.6 Å². The first kappa shape index (κ1) is 18.8. The molecule has 0 atom stereocenters. The highest BCUT2D eigenvalue weighted by molar-refractivity contribution is 5.68. The fraction of sp³-hybridized carbons (Fsp3) is 0.500. The zero-order valence-electron chi connectivity index (χ0n) is 15.8. The lowest BCUT2D eigenvalue weighted by atomic mass is 10.0. The van der Waals surface area contributed by atoms with Crippen molar-refractivity contribution < 1.29 is 9.53 Å². The van der Waals surface area contributed by atoms with E-state index in [9.17, 15) is 4.79 Å². The van der Waals surface area contributed by atoms with Crippen LogP contribution < -0.4 is 0 Å². The number of tetrazole rings is 1. The van der Waals surface area contributed by atoms with E-state index in [1.165, 1.54) is 0 Å². The SMILES string of the molecule is [C-]#[N+]c1ccc(CN2CCN(C(=O)OC(C)(C)C)CC2)c(-c2nn[nH]n2)c1. The summed E-state index contributed by atoms with van der Waals surface area (Å²) in [5.74, 6) is 0.475. The van der Waals surface area contributed by atoms with E-state index in [4.69, 9.17) is 11.3 Å². The monoisotopic (exact) mass is 369 g/mol. The summed E-state index contributed by atoms with van der Waals surface area (Å²) in [5, 5.41) is 14.2. The Hall–Kier alpha value is -2.99. The Bertz CT molecular complexity index is 828.